The minimum atomic E-state index is -4.47. The van der Waals surface area contributed by atoms with Crippen molar-refractivity contribution in [3.05, 3.63) is 58.7 Å². The van der Waals surface area contributed by atoms with Crippen molar-refractivity contribution in [3.8, 4) is 5.75 Å². The lowest BCUT2D eigenvalue weighted by molar-refractivity contribution is -0.140. The second-order valence-electron chi connectivity index (χ2n) is 9.27. The molecule has 35 heavy (non-hydrogen) atoms. The van der Waals surface area contributed by atoms with E-state index in [0.717, 1.165) is 43.2 Å². The molecule has 4 rings (SSSR count). The summed E-state index contributed by atoms with van der Waals surface area (Å²) >= 11 is 0. The molecule has 2 aromatic rings. The molecular weight excluding hydrogens is 461 g/mol. The van der Waals surface area contributed by atoms with E-state index in [4.69, 9.17) is 15.6 Å². The zero-order chi connectivity index (χ0) is 25.2. The van der Waals surface area contributed by atoms with Crippen molar-refractivity contribution in [1.82, 2.24) is 0 Å². The largest absolute Gasteiger partial charge is 0.489 e. The number of anilines is 1. The topological polar surface area (TPSA) is 92.9 Å². The van der Waals surface area contributed by atoms with Gasteiger partial charge in [0.2, 0.25) is 5.91 Å². The third kappa shape index (κ3) is 5.78. The van der Waals surface area contributed by atoms with Gasteiger partial charge in [-0.25, -0.2) is 0 Å². The number of hydrogen-bond donors (Lipinski definition) is 2. The van der Waals surface area contributed by atoms with Gasteiger partial charge in [0, 0.05) is 17.8 Å². The molecule has 3 N–H and O–H groups in total. The van der Waals surface area contributed by atoms with Crippen molar-refractivity contribution in [2.24, 2.45) is 5.73 Å². The molecule has 1 atom stereocenters. The Hall–Kier alpha value is -3.07. The molecule has 1 aliphatic heterocycles. The van der Waals surface area contributed by atoms with Gasteiger partial charge in [0.15, 0.2) is 0 Å². The number of alkyl halides is 3. The van der Waals surface area contributed by atoms with Crippen molar-refractivity contribution in [3.63, 3.8) is 0 Å². The minimum Gasteiger partial charge on any atom is -0.489 e. The maximum absolute atomic E-state index is 13.8. The smallest absolute Gasteiger partial charge is 0.416 e. The fraction of sp³-hybridized carbons (Fsp3) is 0.462. The molecule has 1 amide bonds. The maximum atomic E-state index is 13.8. The lowest BCUT2D eigenvalue weighted by atomic mass is 9.83. The van der Waals surface area contributed by atoms with E-state index in [1.807, 2.05) is 0 Å². The van der Waals surface area contributed by atoms with Gasteiger partial charge in [0.1, 0.15) is 18.4 Å². The fourth-order valence-corrected chi connectivity index (χ4v) is 4.95. The molecule has 0 aromatic heterocycles. The number of hydrogen-bond acceptors (Lipinski definition) is 4. The second-order valence-corrected chi connectivity index (χ2v) is 9.27. The Bertz CT molecular complexity index is 1100. The Labute approximate surface area is 201 Å². The molecule has 1 saturated carbocycles. The number of nitrogens with two attached hydrogens (primary N) is 1. The Morgan fingerprint density at radius 2 is 1.86 bits per heavy atom. The van der Waals surface area contributed by atoms with Crippen LogP contribution in [0.25, 0.3) is 0 Å². The Morgan fingerprint density at radius 3 is 2.54 bits per heavy atom. The first-order valence-electron chi connectivity index (χ1n) is 11.9. The van der Waals surface area contributed by atoms with Crippen LogP contribution in [0.4, 0.5) is 18.9 Å². The van der Waals surface area contributed by atoms with Gasteiger partial charge in [-0.05, 0) is 60.6 Å². The van der Waals surface area contributed by atoms with E-state index in [-0.39, 0.29) is 30.4 Å². The minimum absolute atomic E-state index is 0.0806. The van der Waals surface area contributed by atoms with Crippen molar-refractivity contribution in [2.45, 2.75) is 69.7 Å². The van der Waals surface area contributed by atoms with E-state index >= 15 is 0 Å². The van der Waals surface area contributed by atoms with Crippen LogP contribution in [0.5, 0.6) is 5.75 Å². The SMILES string of the molecule is N[C@H](CC(=O)N1CCc2cc(OCc3ccc(C4CCCCC4)cc3C(F)(F)F)ccc21)C(=O)O. The first kappa shape index (κ1) is 25.0. The van der Waals surface area contributed by atoms with E-state index in [1.165, 1.54) is 17.0 Å². The summed E-state index contributed by atoms with van der Waals surface area (Å²) in [5.41, 5.74) is 7.07. The van der Waals surface area contributed by atoms with Crippen LogP contribution >= 0.6 is 0 Å². The number of carboxylic acid groups (broad SMARTS) is 1. The van der Waals surface area contributed by atoms with E-state index in [0.29, 0.717) is 24.4 Å². The number of carbonyl (C=O) groups is 2. The van der Waals surface area contributed by atoms with Crippen LogP contribution in [-0.2, 0) is 28.8 Å². The highest BCUT2D eigenvalue weighted by Gasteiger charge is 2.34. The molecular formula is C26H29F3N2O4. The average Bonchev–Trinajstić information content (AvgIpc) is 3.26. The molecule has 1 fully saturated rings. The van der Waals surface area contributed by atoms with Crippen molar-refractivity contribution in [2.75, 3.05) is 11.4 Å². The highest BCUT2D eigenvalue weighted by Crippen LogP contribution is 2.39. The van der Waals surface area contributed by atoms with Crippen LogP contribution in [-0.4, -0.2) is 29.6 Å². The number of nitrogens with zero attached hydrogens (tertiary/aromatic N) is 1. The number of carbonyl (C=O) groups excluding carboxylic acids is 1. The number of rotatable bonds is 7. The fourth-order valence-electron chi connectivity index (χ4n) is 4.95. The van der Waals surface area contributed by atoms with Gasteiger partial charge in [-0.15, -0.1) is 0 Å². The highest BCUT2D eigenvalue weighted by molar-refractivity contribution is 5.97. The van der Waals surface area contributed by atoms with Gasteiger partial charge in [0.25, 0.3) is 0 Å². The summed E-state index contributed by atoms with van der Waals surface area (Å²) in [7, 11) is 0. The molecule has 188 valence electrons. The van der Waals surface area contributed by atoms with Gasteiger partial charge >= 0.3 is 12.1 Å². The van der Waals surface area contributed by atoms with Crippen molar-refractivity contribution >= 4 is 17.6 Å². The quantitative estimate of drug-likeness (QED) is 0.568. The van der Waals surface area contributed by atoms with E-state index in [9.17, 15) is 22.8 Å². The summed E-state index contributed by atoms with van der Waals surface area (Å²) in [6.07, 6.45) is 0.813. The van der Waals surface area contributed by atoms with Gasteiger partial charge in [0.05, 0.1) is 12.0 Å². The van der Waals surface area contributed by atoms with Crippen LogP contribution in [0.1, 0.15) is 66.7 Å². The maximum Gasteiger partial charge on any atom is 0.416 e. The molecule has 0 saturated heterocycles. The Kier molecular flexibility index (Phi) is 7.35. The number of halogens is 3. The van der Waals surface area contributed by atoms with Crippen LogP contribution in [0.2, 0.25) is 0 Å². The highest BCUT2D eigenvalue weighted by atomic mass is 19.4. The first-order chi connectivity index (χ1) is 16.6. The second kappa shape index (κ2) is 10.3. The number of aliphatic carboxylic acids is 1. The number of benzene rings is 2. The number of amides is 1. The summed E-state index contributed by atoms with van der Waals surface area (Å²) in [5, 5.41) is 8.93. The zero-order valence-corrected chi connectivity index (χ0v) is 19.3. The van der Waals surface area contributed by atoms with Gasteiger partial charge < -0.3 is 20.5 Å². The predicted octanol–water partition coefficient (Wildman–Crippen LogP) is 5.02. The first-order valence-corrected chi connectivity index (χ1v) is 11.9. The molecule has 0 unspecified atom stereocenters. The Balaban J connectivity index is 1.46. The molecule has 0 bridgehead atoms. The van der Waals surface area contributed by atoms with Crippen molar-refractivity contribution < 1.29 is 32.6 Å². The van der Waals surface area contributed by atoms with Crippen molar-refractivity contribution in [1.29, 1.82) is 0 Å². The molecule has 9 heteroatoms. The lowest BCUT2D eigenvalue weighted by Gasteiger charge is -2.24. The van der Waals surface area contributed by atoms with E-state index < -0.39 is 23.8 Å². The van der Waals surface area contributed by atoms with Gasteiger partial charge in [-0.2, -0.15) is 13.2 Å². The molecule has 1 heterocycles. The average molecular weight is 491 g/mol. The molecule has 2 aliphatic rings. The number of ether oxygens (including phenoxy) is 1. The Morgan fingerprint density at radius 1 is 1.11 bits per heavy atom. The third-order valence-electron chi connectivity index (χ3n) is 6.87. The van der Waals surface area contributed by atoms with Crippen LogP contribution < -0.4 is 15.4 Å². The van der Waals surface area contributed by atoms with Crippen LogP contribution in [0.15, 0.2) is 36.4 Å². The molecule has 0 radical (unpaired) electrons. The standard InChI is InChI=1S/C26H29F3N2O4/c27-26(28,29)21-13-17(16-4-2-1-3-5-16)6-7-19(21)15-35-20-8-9-23-18(12-20)10-11-31(23)24(32)14-22(30)25(33)34/h6-9,12-13,16,22H,1-5,10-11,14-15,30H2,(H,33,34)/t22-/m1/s1. The monoisotopic (exact) mass is 490 g/mol. The summed E-state index contributed by atoms with van der Waals surface area (Å²) in [6.45, 7) is 0.152. The van der Waals surface area contributed by atoms with Crippen LogP contribution in [0, 0.1) is 0 Å². The van der Waals surface area contributed by atoms with E-state index in [1.54, 1.807) is 24.3 Å². The molecule has 1 aliphatic carbocycles. The number of fused-ring (bicyclic) bond motifs is 1. The van der Waals surface area contributed by atoms with Crippen LogP contribution in [0.3, 0.4) is 0 Å². The summed E-state index contributed by atoms with van der Waals surface area (Å²) in [4.78, 5) is 24.8. The van der Waals surface area contributed by atoms with Gasteiger partial charge in [-0.1, -0.05) is 31.4 Å². The van der Waals surface area contributed by atoms with E-state index in [2.05, 4.69) is 0 Å². The summed E-state index contributed by atoms with van der Waals surface area (Å²) in [6, 6.07) is 8.29. The number of carboxylic acids is 1. The molecule has 2 aromatic carbocycles. The molecule has 0 spiro atoms. The molecule has 6 nitrogen and oxygen atoms in total. The zero-order valence-electron chi connectivity index (χ0n) is 19.3. The van der Waals surface area contributed by atoms with Gasteiger partial charge in [-0.3, -0.25) is 9.59 Å². The normalized spacial score (nSPS) is 17.2. The summed E-state index contributed by atoms with van der Waals surface area (Å²) < 4.78 is 47.2. The summed E-state index contributed by atoms with van der Waals surface area (Å²) in [5.74, 6) is -1.05. The lowest BCUT2D eigenvalue weighted by Crippen LogP contribution is -2.38. The predicted molar refractivity (Wildman–Crippen MR) is 124 cm³/mol. The third-order valence-corrected chi connectivity index (χ3v) is 6.87.